The van der Waals surface area contributed by atoms with Gasteiger partial charge in [0.15, 0.2) is 0 Å². The molecule has 104 valence electrons. The van der Waals surface area contributed by atoms with Gasteiger partial charge in [0.25, 0.3) is 0 Å². The minimum atomic E-state index is -1.03. The quantitative estimate of drug-likeness (QED) is 0.750. The van der Waals surface area contributed by atoms with Gasteiger partial charge in [-0.25, -0.2) is 9.78 Å². The molecule has 1 aliphatic rings. The van der Waals surface area contributed by atoms with E-state index < -0.39 is 5.97 Å². The Kier molecular flexibility index (Phi) is 4.57. The maximum atomic E-state index is 11.1. The van der Waals surface area contributed by atoms with Gasteiger partial charge in [-0.1, -0.05) is 0 Å². The van der Waals surface area contributed by atoms with Gasteiger partial charge in [-0.2, -0.15) is 0 Å². The van der Waals surface area contributed by atoms with Crippen molar-refractivity contribution in [3.8, 4) is 0 Å². The molecule has 1 aliphatic heterocycles. The van der Waals surface area contributed by atoms with Crippen molar-refractivity contribution >= 4 is 17.5 Å². The molecule has 0 spiro atoms. The Hall–Kier alpha value is -1.82. The van der Waals surface area contributed by atoms with Gasteiger partial charge in [0.1, 0.15) is 11.4 Å². The van der Waals surface area contributed by atoms with Gasteiger partial charge in [0, 0.05) is 13.2 Å². The summed E-state index contributed by atoms with van der Waals surface area (Å²) in [6.07, 6.45) is 5.97. The Labute approximate surface area is 112 Å². The molecule has 1 saturated heterocycles. The summed E-state index contributed by atoms with van der Waals surface area (Å²) in [5.74, 6) is -0.672. The van der Waals surface area contributed by atoms with Crippen LogP contribution in [0.5, 0.6) is 0 Å². The van der Waals surface area contributed by atoms with Crippen molar-refractivity contribution in [2.45, 2.75) is 31.8 Å². The third-order valence-corrected chi connectivity index (χ3v) is 3.17. The Morgan fingerprint density at radius 3 is 3.11 bits per heavy atom. The first-order valence-corrected chi connectivity index (χ1v) is 6.51. The first-order valence-electron chi connectivity index (χ1n) is 6.51. The third-order valence-electron chi connectivity index (χ3n) is 3.17. The first kappa shape index (κ1) is 13.6. The van der Waals surface area contributed by atoms with Crippen molar-refractivity contribution in [2.75, 3.05) is 24.2 Å². The fourth-order valence-corrected chi connectivity index (χ4v) is 2.17. The van der Waals surface area contributed by atoms with E-state index >= 15 is 0 Å². The number of hydrogen-bond acceptors (Lipinski definition) is 5. The number of pyridine rings is 1. The summed E-state index contributed by atoms with van der Waals surface area (Å²) in [4.78, 5) is 15.1. The zero-order valence-corrected chi connectivity index (χ0v) is 10.8. The largest absolute Gasteiger partial charge is 0.478 e. The number of rotatable bonds is 5. The zero-order chi connectivity index (χ0) is 13.7. The van der Waals surface area contributed by atoms with E-state index in [1.165, 1.54) is 18.7 Å². The second-order valence-corrected chi connectivity index (χ2v) is 4.67. The number of hydrogen-bond donors (Lipinski definition) is 3. The van der Waals surface area contributed by atoms with Crippen LogP contribution < -0.4 is 11.1 Å². The monoisotopic (exact) mass is 265 g/mol. The van der Waals surface area contributed by atoms with Gasteiger partial charge in [-0.05, 0) is 31.7 Å². The molecule has 0 aromatic carbocycles. The van der Waals surface area contributed by atoms with Crippen molar-refractivity contribution < 1.29 is 14.6 Å². The minimum absolute atomic E-state index is 0.101. The lowest BCUT2D eigenvalue weighted by molar-refractivity contribution is 0.0134. The minimum Gasteiger partial charge on any atom is -0.478 e. The van der Waals surface area contributed by atoms with E-state index in [-0.39, 0.29) is 11.7 Å². The Morgan fingerprint density at radius 2 is 2.42 bits per heavy atom. The van der Waals surface area contributed by atoms with E-state index in [1.54, 1.807) is 0 Å². The zero-order valence-electron chi connectivity index (χ0n) is 10.8. The molecule has 1 aromatic heterocycles. The smallest absolute Gasteiger partial charge is 0.339 e. The van der Waals surface area contributed by atoms with Crippen molar-refractivity contribution in [2.24, 2.45) is 0 Å². The number of nitrogens with zero attached hydrogens (tertiary/aromatic N) is 1. The number of carbonyl (C=O) groups is 1. The summed E-state index contributed by atoms with van der Waals surface area (Å²) in [6.45, 7) is 1.47. The van der Waals surface area contributed by atoms with Gasteiger partial charge >= 0.3 is 5.97 Å². The van der Waals surface area contributed by atoms with E-state index in [4.69, 9.17) is 15.6 Å². The summed E-state index contributed by atoms with van der Waals surface area (Å²) >= 11 is 0. The molecular formula is C13H19N3O3. The van der Waals surface area contributed by atoms with E-state index in [9.17, 15) is 4.79 Å². The number of nitrogens with one attached hydrogen (secondary N) is 1. The Bertz CT molecular complexity index is 445. The topological polar surface area (TPSA) is 97.5 Å². The van der Waals surface area contributed by atoms with E-state index in [2.05, 4.69) is 10.3 Å². The molecular weight excluding hydrogens is 246 g/mol. The van der Waals surface area contributed by atoms with Crippen molar-refractivity contribution in [3.05, 3.63) is 17.8 Å². The first-order chi connectivity index (χ1) is 9.16. The van der Waals surface area contributed by atoms with Crippen LogP contribution >= 0.6 is 0 Å². The summed E-state index contributed by atoms with van der Waals surface area (Å²) in [5.41, 5.74) is 5.98. The normalized spacial score (nSPS) is 19.1. The van der Waals surface area contributed by atoms with Gasteiger partial charge in [0.2, 0.25) is 0 Å². The van der Waals surface area contributed by atoms with Gasteiger partial charge in [-0.3, -0.25) is 0 Å². The van der Waals surface area contributed by atoms with Crippen LogP contribution in [0.2, 0.25) is 0 Å². The number of carboxylic acids is 1. The highest BCUT2D eigenvalue weighted by atomic mass is 16.5. The van der Waals surface area contributed by atoms with Crippen LogP contribution in [0.1, 0.15) is 36.0 Å². The predicted octanol–water partition coefficient (Wildman–Crippen LogP) is 1.73. The molecule has 0 bridgehead atoms. The Morgan fingerprint density at radius 1 is 1.58 bits per heavy atom. The van der Waals surface area contributed by atoms with E-state index in [0.717, 1.165) is 25.9 Å². The van der Waals surface area contributed by atoms with Crippen LogP contribution in [-0.2, 0) is 4.74 Å². The number of ether oxygens (including phenoxy) is 1. The lowest BCUT2D eigenvalue weighted by atomic mass is 10.1. The molecule has 2 rings (SSSR count). The number of aromatic nitrogens is 1. The molecule has 1 atom stereocenters. The average molecular weight is 265 g/mol. The molecule has 6 nitrogen and oxygen atoms in total. The van der Waals surface area contributed by atoms with Crippen LogP contribution in [0.4, 0.5) is 11.5 Å². The summed E-state index contributed by atoms with van der Waals surface area (Å²) < 4.78 is 5.62. The van der Waals surface area contributed by atoms with Crippen molar-refractivity contribution in [1.29, 1.82) is 0 Å². The lowest BCUT2D eigenvalue weighted by Crippen LogP contribution is -2.22. The molecule has 0 amide bonds. The number of aromatic carboxylic acids is 1. The van der Waals surface area contributed by atoms with Crippen LogP contribution in [-0.4, -0.2) is 35.3 Å². The highest BCUT2D eigenvalue weighted by molar-refractivity contribution is 5.94. The molecule has 1 fully saturated rings. The summed E-state index contributed by atoms with van der Waals surface area (Å²) in [6, 6.07) is 1.41. The molecule has 1 aromatic rings. The summed E-state index contributed by atoms with van der Waals surface area (Å²) in [5, 5.41) is 12.1. The highest BCUT2D eigenvalue weighted by Crippen LogP contribution is 2.18. The Balaban J connectivity index is 1.89. The third kappa shape index (κ3) is 3.82. The number of anilines is 2. The fraction of sp³-hybridized carbons (Fsp3) is 0.538. The maximum Gasteiger partial charge on any atom is 0.339 e. The molecule has 0 aliphatic carbocycles. The van der Waals surface area contributed by atoms with Gasteiger partial charge < -0.3 is 20.9 Å². The number of nitrogens with two attached hydrogens (primary N) is 1. The van der Waals surface area contributed by atoms with E-state index in [0.29, 0.717) is 18.1 Å². The molecule has 0 saturated carbocycles. The molecule has 1 unspecified atom stereocenters. The van der Waals surface area contributed by atoms with Gasteiger partial charge in [0.05, 0.1) is 18.0 Å². The SMILES string of the molecule is Nc1cnc(NCCC2CCCCO2)c(C(=O)O)c1. The molecule has 2 heterocycles. The van der Waals surface area contributed by atoms with Gasteiger partial charge in [-0.15, -0.1) is 0 Å². The highest BCUT2D eigenvalue weighted by Gasteiger charge is 2.15. The molecule has 6 heteroatoms. The molecule has 4 N–H and O–H groups in total. The molecule has 0 radical (unpaired) electrons. The van der Waals surface area contributed by atoms with Crippen LogP contribution in [0.15, 0.2) is 12.3 Å². The van der Waals surface area contributed by atoms with Crippen LogP contribution in [0, 0.1) is 0 Å². The van der Waals surface area contributed by atoms with Crippen LogP contribution in [0.3, 0.4) is 0 Å². The standard InChI is InChI=1S/C13H19N3O3/c14-9-7-11(13(17)18)12(16-8-9)15-5-4-10-3-1-2-6-19-10/h7-8,10H,1-6,14H2,(H,15,16)(H,17,18). The maximum absolute atomic E-state index is 11.1. The summed E-state index contributed by atoms with van der Waals surface area (Å²) in [7, 11) is 0. The van der Waals surface area contributed by atoms with Crippen molar-refractivity contribution in [1.82, 2.24) is 4.98 Å². The lowest BCUT2D eigenvalue weighted by Gasteiger charge is -2.22. The fourth-order valence-electron chi connectivity index (χ4n) is 2.17. The second-order valence-electron chi connectivity index (χ2n) is 4.67. The number of carboxylic acid groups (broad SMARTS) is 1. The van der Waals surface area contributed by atoms with Crippen LogP contribution in [0.25, 0.3) is 0 Å². The second kappa shape index (κ2) is 6.38. The molecule has 19 heavy (non-hydrogen) atoms. The van der Waals surface area contributed by atoms with E-state index in [1.807, 2.05) is 0 Å². The average Bonchev–Trinajstić information content (AvgIpc) is 2.41. The van der Waals surface area contributed by atoms with Crippen molar-refractivity contribution in [3.63, 3.8) is 0 Å². The number of nitrogen functional groups attached to an aromatic ring is 1. The predicted molar refractivity (Wildman–Crippen MR) is 72.3 cm³/mol.